The predicted octanol–water partition coefficient (Wildman–Crippen LogP) is 3.69. The van der Waals surface area contributed by atoms with Gasteiger partial charge in [0.1, 0.15) is 11.6 Å². The number of anilines is 2. The maximum absolute atomic E-state index is 15.3. The first kappa shape index (κ1) is 25.7. The smallest absolute Gasteiger partial charge is 0.235 e. The highest BCUT2D eigenvalue weighted by molar-refractivity contribution is 7.93. The van der Waals surface area contributed by atoms with Crippen LogP contribution in [-0.2, 0) is 10.0 Å². The lowest BCUT2D eigenvalue weighted by Crippen LogP contribution is -2.43. The molecular weight excluding hydrogens is 514 g/mol. The van der Waals surface area contributed by atoms with Crippen LogP contribution >= 0.6 is 0 Å². The number of nitrogens with zero attached hydrogens (tertiary/aromatic N) is 3. The number of carbonyl (C=O) groups excluding carboxylic acids is 1. The minimum atomic E-state index is -3.92. The lowest BCUT2D eigenvalue weighted by Gasteiger charge is -2.28. The molecule has 38 heavy (non-hydrogen) atoms. The molecule has 1 aliphatic rings. The quantitative estimate of drug-likeness (QED) is 0.306. The summed E-state index contributed by atoms with van der Waals surface area (Å²) in [5.74, 6) is -2.52. The van der Waals surface area contributed by atoms with E-state index < -0.39 is 43.9 Å². The molecule has 0 saturated carbocycles. The molecule has 198 valence electrons. The number of benzene rings is 1. The van der Waals surface area contributed by atoms with Gasteiger partial charge in [-0.2, -0.15) is 0 Å². The Labute approximate surface area is 218 Å². The molecule has 0 amide bonds. The van der Waals surface area contributed by atoms with E-state index in [4.69, 9.17) is 0 Å². The van der Waals surface area contributed by atoms with E-state index in [2.05, 4.69) is 29.9 Å². The van der Waals surface area contributed by atoms with Gasteiger partial charge >= 0.3 is 0 Å². The van der Waals surface area contributed by atoms with Gasteiger partial charge in [0.25, 0.3) is 0 Å². The molecule has 1 aliphatic heterocycles. The summed E-state index contributed by atoms with van der Waals surface area (Å²) in [4.78, 5) is 27.6. The largest absolute Gasteiger partial charge is 0.359 e. The Balaban J connectivity index is 1.49. The number of rotatable bonds is 7. The first-order valence-electron chi connectivity index (χ1n) is 12.1. The Kier molecular flexibility index (Phi) is 6.84. The summed E-state index contributed by atoms with van der Waals surface area (Å²) in [5, 5.41) is 2.44. The van der Waals surface area contributed by atoms with Crippen molar-refractivity contribution < 1.29 is 22.0 Å². The Hall–Kier alpha value is -3.90. The highest BCUT2D eigenvalue weighted by Crippen LogP contribution is 2.29. The third-order valence-corrected chi connectivity index (χ3v) is 8.19. The number of hydrogen-bond donors (Lipinski definition) is 3. The van der Waals surface area contributed by atoms with Crippen molar-refractivity contribution in [3.05, 3.63) is 71.6 Å². The zero-order valence-electron chi connectivity index (χ0n) is 20.8. The lowest BCUT2D eigenvalue weighted by atomic mass is 10.0. The molecule has 0 radical (unpaired) electrons. The molecule has 1 fully saturated rings. The van der Waals surface area contributed by atoms with E-state index in [-0.39, 0.29) is 11.1 Å². The highest BCUT2D eigenvalue weighted by atomic mass is 32.2. The van der Waals surface area contributed by atoms with Crippen molar-refractivity contribution >= 4 is 38.3 Å². The zero-order chi connectivity index (χ0) is 27.0. The lowest BCUT2D eigenvalue weighted by molar-refractivity contribution is 0.103. The maximum atomic E-state index is 15.3. The first-order chi connectivity index (χ1) is 18.2. The van der Waals surface area contributed by atoms with Gasteiger partial charge in [-0.05, 0) is 50.2 Å². The van der Waals surface area contributed by atoms with Crippen molar-refractivity contribution in [2.75, 3.05) is 35.8 Å². The standard InChI is InChI=1S/C26H26F2N6O3S/c1-15(2)38(36,37)33-20-5-4-18(27)23(24(20)28)26(35)17-14-30-21-7-6-19(32-25(17)21)16-3-8-22(31-13-16)34-11-9-29-10-12-34/h3-8,13-15,29-30,33H,9-12H2,1-2H3. The van der Waals surface area contributed by atoms with Gasteiger partial charge in [-0.15, -0.1) is 0 Å². The topological polar surface area (TPSA) is 120 Å². The summed E-state index contributed by atoms with van der Waals surface area (Å²) < 4.78 is 56.5. The van der Waals surface area contributed by atoms with Crippen LogP contribution in [-0.4, -0.2) is 60.6 Å². The normalized spacial score (nSPS) is 14.3. The summed E-state index contributed by atoms with van der Waals surface area (Å²) in [7, 11) is -3.92. The minimum absolute atomic E-state index is 0.0473. The number of aromatic nitrogens is 3. The second kappa shape index (κ2) is 10.1. The number of nitrogens with one attached hydrogen (secondary N) is 3. The number of piperazine rings is 1. The molecule has 3 aromatic heterocycles. The maximum Gasteiger partial charge on any atom is 0.235 e. The number of hydrogen-bond acceptors (Lipinski definition) is 7. The van der Waals surface area contributed by atoms with Gasteiger partial charge in [0.2, 0.25) is 15.8 Å². The van der Waals surface area contributed by atoms with Crippen molar-refractivity contribution in [1.82, 2.24) is 20.3 Å². The fourth-order valence-electron chi connectivity index (χ4n) is 4.20. The van der Waals surface area contributed by atoms with Gasteiger partial charge in [0.15, 0.2) is 5.82 Å². The summed E-state index contributed by atoms with van der Waals surface area (Å²) in [6.45, 7) is 6.33. The zero-order valence-corrected chi connectivity index (χ0v) is 21.6. The van der Waals surface area contributed by atoms with E-state index in [9.17, 15) is 17.6 Å². The highest BCUT2D eigenvalue weighted by Gasteiger charge is 2.27. The fraction of sp³-hybridized carbons (Fsp3) is 0.269. The summed E-state index contributed by atoms with van der Waals surface area (Å²) in [5.41, 5.74) is 0.550. The summed E-state index contributed by atoms with van der Waals surface area (Å²) in [6.07, 6.45) is 3.03. The number of halogens is 2. The predicted molar refractivity (Wildman–Crippen MR) is 142 cm³/mol. The van der Waals surface area contributed by atoms with Crippen LogP contribution in [0.3, 0.4) is 0 Å². The molecule has 0 unspecified atom stereocenters. The molecule has 9 nitrogen and oxygen atoms in total. The molecule has 4 heterocycles. The van der Waals surface area contributed by atoms with E-state index >= 15 is 4.39 Å². The minimum Gasteiger partial charge on any atom is -0.359 e. The molecular formula is C26H26F2N6O3S. The van der Waals surface area contributed by atoms with E-state index in [1.54, 1.807) is 18.3 Å². The van der Waals surface area contributed by atoms with Crippen LogP contribution in [0.5, 0.6) is 0 Å². The summed E-state index contributed by atoms with van der Waals surface area (Å²) >= 11 is 0. The number of H-pyrrole nitrogens is 1. The molecule has 5 rings (SSSR count). The van der Waals surface area contributed by atoms with E-state index in [0.29, 0.717) is 16.8 Å². The van der Waals surface area contributed by atoms with Crippen LogP contribution in [0.4, 0.5) is 20.3 Å². The number of ketones is 1. The van der Waals surface area contributed by atoms with Gasteiger partial charge in [0, 0.05) is 44.1 Å². The number of sulfonamides is 1. The molecule has 4 aromatic rings. The van der Waals surface area contributed by atoms with Gasteiger partial charge in [-0.1, -0.05) is 0 Å². The van der Waals surface area contributed by atoms with Crippen LogP contribution in [0.2, 0.25) is 0 Å². The molecule has 0 spiro atoms. The molecule has 0 atom stereocenters. The van der Waals surface area contributed by atoms with Crippen molar-refractivity contribution in [3.8, 4) is 11.3 Å². The average Bonchev–Trinajstić information content (AvgIpc) is 3.34. The van der Waals surface area contributed by atoms with Crippen molar-refractivity contribution in [1.29, 1.82) is 0 Å². The Morgan fingerprint density at radius 2 is 1.84 bits per heavy atom. The van der Waals surface area contributed by atoms with Crippen molar-refractivity contribution in [3.63, 3.8) is 0 Å². The van der Waals surface area contributed by atoms with Crippen LogP contribution in [0, 0.1) is 11.6 Å². The molecule has 3 N–H and O–H groups in total. The SMILES string of the molecule is CC(C)S(=O)(=O)Nc1ccc(F)c(C(=O)c2c[nH]c3ccc(-c4ccc(N5CCNCC5)nc4)nc23)c1F. The van der Waals surface area contributed by atoms with Crippen LogP contribution in [0.15, 0.2) is 48.8 Å². The molecule has 0 bridgehead atoms. The Bertz CT molecular complexity index is 1610. The Morgan fingerprint density at radius 3 is 2.53 bits per heavy atom. The van der Waals surface area contributed by atoms with Gasteiger partial charge in [0.05, 0.1) is 38.8 Å². The number of aromatic amines is 1. The molecule has 1 aromatic carbocycles. The molecule has 1 saturated heterocycles. The third kappa shape index (κ3) is 4.84. The van der Waals surface area contributed by atoms with Crippen LogP contribution in [0.25, 0.3) is 22.3 Å². The molecule has 0 aliphatic carbocycles. The average molecular weight is 541 g/mol. The van der Waals surface area contributed by atoms with Crippen LogP contribution < -0.4 is 14.9 Å². The number of carbonyl (C=O) groups is 1. The van der Waals surface area contributed by atoms with Crippen molar-refractivity contribution in [2.45, 2.75) is 19.1 Å². The van der Waals surface area contributed by atoms with E-state index in [0.717, 1.165) is 44.1 Å². The van der Waals surface area contributed by atoms with E-state index in [1.807, 2.05) is 12.1 Å². The Morgan fingerprint density at radius 1 is 1.08 bits per heavy atom. The monoisotopic (exact) mass is 540 g/mol. The van der Waals surface area contributed by atoms with Gasteiger partial charge < -0.3 is 15.2 Å². The van der Waals surface area contributed by atoms with E-state index in [1.165, 1.54) is 20.0 Å². The van der Waals surface area contributed by atoms with Gasteiger partial charge in [-0.25, -0.2) is 27.2 Å². The molecule has 12 heteroatoms. The van der Waals surface area contributed by atoms with Crippen LogP contribution in [0.1, 0.15) is 29.8 Å². The number of fused-ring (bicyclic) bond motifs is 1. The first-order valence-corrected chi connectivity index (χ1v) is 13.6. The van der Waals surface area contributed by atoms with Crippen molar-refractivity contribution in [2.24, 2.45) is 0 Å². The second-order valence-electron chi connectivity index (χ2n) is 9.25. The summed E-state index contributed by atoms with van der Waals surface area (Å²) in [6, 6.07) is 9.08. The third-order valence-electron chi connectivity index (χ3n) is 6.44. The fourth-order valence-corrected chi connectivity index (χ4v) is 4.90. The second-order valence-corrected chi connectivity index (χ2v) is 11.5. The number of pyridine rings is 2. The van der Waals surface area contributed by atoms with Gasteiger partial charge in [-0.3, -0.25) is 9.52 Å².